The van der Waals surface area contributed by atoms with Gasteiger partial charge in [-0.05, 0) is 45.0 Å². The zero-order valence-electron chi connectivity index (χ0n) is 16.6. The van der Waals surface area contributed by atoms with Crippen molar-refractivity contribution in [1.29, 1.82) is 0 Å². The van der Waals surface area contributed by atoms with Crippen LogP contribution in [0.15, 0.2) is 30.4 Å². The summed E-state index contributed by atoms with van der Waals surface area (Å²) in [6.45, 7) is 1.66. The van der Waals surface area contributed by atoms with E-state index in [-0.39, 0.29) is 11.6 Å². The van der Waals surface area contributed by atoms with Gasteiger partial charge >= 0.3 is 11.9 Å². The molecule has 29 heavy (non-hydrogen) atoms. The number of rotatable bonds is 6. The molecule has 1 aliphatic rings. The summed E-state index contributed by atoms with van der Waals surface area (Å²) in [7, 11) is 5.82. The second-order valence-corrected chi connectivity index (χ2v) is 6.96. The van der Waals surface area contributed by atoms with E-state index >= 15 is 0 Å². The van der Waals surface area contributed by atoms with Crippen LogP contribution in [0, 0.1) is 16.0 Å². The van der Waals surface area contributed by atoms with Crippen LogP contribution in [0.4, 0.5) is 5.69 Å². The summed E-state index contributed by atoms with van der Waals surface area (Å²) in [4.78, 5) is 45.7. The van der Waals surface area contributed by atoms with Crippen molar-refractivity contribution in [1.82, 2.24) is 9.80 Å². The molecule has 1 aromatic rings. The van der Waals surface area contributed by atoms with E-state index in [0.29, 0.717) is 30.2 Å². The van der Waals surface area contributed by atoms with E-state index < -0.39 is 16.9 Å². The number of nitro groups is 1. The molecule has 0 spiro atoms. The Labute approximate surface area is 168 Å². The third kappa shape index (κ3) is 8.09. The molecule has 1 aliphatic heterocycles. The Kier molecular flexibility index (Phi) is 8.94. The first-order valence-electron chi connectivity index (χ1n) is 8.82. The molecule has 0 saturated carbocycles. The van der Waals surface area contributed by atoms with Gasteiger partial charge in [0.1, 0.15) is 0 Å². The molecule has 0 bridgehead atoms. The number of nitro benzene ring substituents is 1. The summed E-state index contributed by atoms with van der Waals surface area (Å²) in [5.41, 5.74) is 1.36. The number of carbonyl (C=O) groups is 3. The third-order valence-electron chi connectivity index (χ3n) is 4.28. The van der Waals surface area contributed by atoms with Crippen LogP contribution in [0.5, 0.6) is 0 Å². The number of fused-ring (bicyclic) bond motifs is 1. The third-order valence-corrected chi connectivity index (χ3v) is 4.28. The van der Waals surface area contributed by atoms with Gasteiger partial charge in [0.25, 0.3) is 11.6 Å². The quantitative estimate of drug-likeness (QED) is 0.410. The number of benzene rings is 1. The van der Waals surface area contributed by atoms with Crippen LogP contribution in [-0.2, 0) is 16.0 Å². The second-order valence-electron chi connectivity index (χ2n) is 6.96. The van der Waals surface area contributed by atoms with Gasteiger partial charge in [0, 0.05) is 43.4 Å². The zero-order valence-corrected chi connectivity index (χ0v) is 16.6. The normalized spacial score (nSPS) is 16.1. The highest BCUT2D eigenvalue weighted by Crippen LogP contribution is 2.26. The smallest absolute Gasteiger partial charge is 0.328 e. The number of aliphatic carboxylic acids is 2. The summed E-state index contributed by atoms with van der Waals surface area (Å²) in [6.07, 6.45) is 2.91. The molecular formula is C19H25N3O7. The largest absolute Gasteiger partial charge is 0.478 e. The van der Waals surface area contributed by atoms with E-state index in [4.69, 9.17) is 10.2 Å². The summed E-state index contributed by atoms with van der Waals surface area (Å²) >= 11 is 0. The van der Waals surface area contributed by atoms with Gasteiger partial charge in [0.05, 0.1) is 4.92 Å². The lowest BCUT2D eigenvalue weighted by Crippen LogP contribution is -2.31. The number of hydrogen-bond acceptors (Lipinski definition) is 6. The summed E-state index contributed by atoms with van der Waals surface area (Å²) in [5.74, 6) is -2.26. The van der Waals surface area contributed by atoms with E-state index in [9.17, 15) is 24.5 Å². The van der Waals surface area contributed by atoms with Crippen LogP contribution in [0.1, 0.15) is 22.3 Å². The van der Waals surface area contributed by atoms with E-state index in [1.807, 2.05) is 14.1 Å². The van der Waals surface area contributed by atoms with Crippen LogP contribution in [-0.4, -0.2) is 77.0 Å². The first-order chi connectivity index (χ1) is 13.5. The number of carbonyl (C=O) groups excluding carboxylic acids is 1. The minimum Gasteiger partial charge on any atom is -0.478 e. The van der Waals surface area contributed by atoms with Crippen molar-refractivity contribution in [3.63, 3.8) is 0 Å². The van der Waals surface area contributed by atoms with Gasteiger partial charge in [-0.3, -0.25) is 14.9 Å². The number of nitrogens with zero attached hydrogens (tertiary/aromatic N) is 3. The van der Waals surface area contributed by atoms with Gasteiger partial charge in [-0.15, -0.1) is 0 Å². The van der Waals surface area contributed by atoms with E-state index in [0.717, 1.165) is 24.9 Å². The molecular weight excluding hydrogens is 382 g/mol. The van der Waals surface area contributed by atoms with Crippen molar-refractivity contribution >= 4 is 23.5 Å². The van der Waals surface area contributed by atoms with Gasteiger partial charge in [-0.2, -0.15) is 0 Å². The van der Waals surface area contributed by atoms with Crippen LogP contribution in [0.2, 0.25) is 0 Å². The molecule has 10 nitrogen and oxygen atoms in total. The van der Waals surface area contributed by atoms with Crippen LogP contribution in [0.25, 0.3) is 0 Å². The molecule has 0 radical (unpaired) electrons. The van der Waals surface area contributed by atoms with Gasteiger partial charge in [-0.1, -0.05) is 6.07 Å². The standard InChI is InChI=1S/C15H21N3O3.C4H4O4/c1-16(2)7-6-11-8-12-4-5-13(18(20)21)9-14(12)15(19)17(3)10-11;5-3(6)1-2-4(7)8/h4-5,9,11H,6-8,10H2,1-3H3;1-2H,(H,5,6)(H,7,8)/b;2-1+. The predicted octanol–water partition coefficient (Wildman–Crippen LogP) is 1.50. The Bertz CT molecular complexity index is 789. The van der Waals surface area contributed by atoms with Crippen molar-refractivity contribution in [2.24, 2.45) is 5.92 Å². The molecule has 1 unspecified atom stereocenters. The Balaban J connectivity index is 0.000000447. The van der Waals surface area contributed by atoms with Crippen LogP contribution >= 0.6 is 0 Å². The molecule has 1 heterocycles. The SMILES string of the molecule is CN(C)CCC1Cc2ccc([N+](=O)[O-])cc2C(=O)N(C)C1.O=C(O)/C=C/C(=O)O. The zero-order chi connectivity index (χ0) is 22.1. The van der Waals surface area contributed by atoms with E-state index in [2.05, 4.69) is 4.90 Å². The highest BCUT2D eigenvalue weighted by Gasteiger charge is 2.27. The molecule has 0 aliphatic carbocycles. The maximum atomic E-state index is 12.4. The Morgan fingerprint density at radius 2 is 1.86 bits per heavy atom. The molecule has 0 aromatic heterocycles. The first-order valence-corrected chi connectivity index (χ1v) is 8.82. The maximum absolute atomic E-state index is 12.4. The van der Waals surface area contributed by atoms with Gasteiger partial charge < -0.3 is 20.0 Å². The average molecular weight is 407 g/mol. The molecule has 0 saturated heterocycles. The highest BCUT2D eigenvalue weighted by atomic mass is 16.6. The summed E-state index contributed by atoms with van der Waals surface area (Å²) in [6, 6.07) is 4.62. The van der Waals surface area contributed by atoms with Gasteiger partial charge in [0.15, 0.2) is 0 Å². The average Bonchev–Trinajstić information content (AvgIpc) is 2.75. The molecule has 0 fully saturated rings. The van der Waals surface area contributed by atoms with Crippen molar-refractivity contribution in [3.8, 4) is 0 Å². The number of hydrogen-bond donors (Lipinski definition) is 2. The lowest BCUT2D eigenvalue weighted by molar-refractivity contribution is -0.384. The minimum absolute atomic E-state index is 0.0257. The molecule has 2 N–H and O–H groups in total. The Hall–Kier alpha value is -3.27. The molecule has 1 amide bonds. The first kappa shape index (κ1) is 23.8. The van der Waals surface area contributed by atoms with E-state index in [1.165, 1.54) is 12.1 Å². The monoisotopic (exact) mass is 407 g/mol. The Morgan fingerprint density at radius 1 is 1.28 bits per heavy atom. The van der Waals surface area contributed by atoms with Gasteiger partial charge in [0.2, 0.25) is 0 Å². The Morgan fingerprint density at radius 3 is 2.34 bits per heavy atom. The maximum Gasteiger partial charge on any atom is 0.328 e. The van der Waals surface area contributed by atoms with Crippen molar-refractivity contribution in [2.45, 2.75) is 12.8 Å². The fourth-order valence-corrected chi connectivity index (χ4v) is 2.88. The molecule has 158 valence electrons. The minimum atomic E-state index is -1.26. The fraction of sp³-hybridized carbons (Fsp3) is 0.421. The van der Waals surface area contributed by atoms with Crippen LogP contribution in [0.3, 0.4) is 0 Å². The lowest BCUT2D eigenvalue weighted by atomic mass is 9.94. The number of carboxylic acid groups (broad SMARTS) is 2. The number of amides is 1. The van der Waals surface area contributed by atoms with Crippen LogP contribution < -0.4 is 0 Å². The fourth-order valence-electron chi connectivity index (χ4n) is 2.88. The number of carboxylic acids is 2. The van der Waals surface area contributed by atoms with Crippen molar-refractivity contribution in [3.05, 3.63) is 51.6 Å². The molecule has 10 heteroatoms. The lowest BCUT2D eigenvalue weighted by Gasteiger charge is -2.21. The summed E-state index contributed by atoms with van der Waals surface area (Å²) in [5, 5.41) is 26.5. The van der Waals surface area contributed by atoms with E-state index in [1.54, 1.807) is 18.0 Å². The van der Waals surface area contributed by atoms with Crippen molar-refractivity contribution in [2.75, 3.05) is 34.2 Å². The van der Waals surface area contributed by atoms with Crippen molar-refractivity contribution < 1.29 is 29.5 Å². The molecule has 2 rings (SSSR count). The highest BCUT2D eigenvalue weighted by molar-refractivity contribution is 5.96. The molecule has 1 atom stereocenters. The molecule has 1 aromatic carbocycles. The topological polar surface area (TPSA) is 141 Å². The number of non-ortho nitro benzene ring substituents is 1. The second kappa shape index (κ2) is 10.9. The summed E-state index contributed by atoms with van der Waals surface area (Å²) < 4.78 is 0. The predicted molar refractivity (Wildman–Crippen MR) is 105 cm³/mol. The van der Waals surface area contributed by atoms with Gasteiger partial charge in [-0.25, -0.2) is 9.59 Å².